The summed E-state index contributed by atoms with van der Waals surface area (Å²) in [5.74, 6) is 0. The molecule has 0 unspecified atom stereocenters. The number of furan rings is 1. The largest absolute Gasteiger partial charge is 0.455 e. The minimum absolute atomic E-state index is 0.0447. The highest BCUT2D eigenvalue weighted by Crippen LogP contribution is 2.54. The molecule has 0 N–H and O–H groups in total. The lowest BCUT2D eigenvalue weighted by atomic mass is 9.82. The molecule has 7 aromatic carbocycles. The van der Waals surface area contributed by atoms with Crippen molar-refractivity contribution >= 4 is 32.7 Å². The van der Waals surface area contributed by atoms with Crippen LogP contribution < -0.4 is 0 Å². The van der Waals surface area contributed by atoms with Crippen molar-refractivity contribution in [2.24, 2.45) is 0 Å². The van der Waals surface area contributed by atoms with Crippen LogP contribution >= 0.6 is 0 Å². The summed E-state index contributed by atoms with van der Waals surface area (Å²) in [6.07, 6.45) is 0. The number of benzene rings is 7. The molecule has 0 atom stereocenters. The Morgan fingerprint density at radius 2 is 0.932 bits per heavy atom. The van der Waals surface area contributed by atoms with Crippen LogP contribution in [0.4, 0.5) is 0 Å². The van der Waals surface area contributed by atoms with Crippen LogP contribution in [-0.2, 0) is 5.41 Å². The summed E-state index contributed by atoms with van der Waals surface area (Å²) in [7, 11) is 0. The lowest BCUT2D eigenvalue weighted by molar-refractivity contribution is 0.660. The maximum atomic E-state index is 6.82. The first kappa shape index (κ1) is 24.1. The van der Waals surface area contributed by atoms with Gasteiger partial charge in [0, 0.05) is 21.8 Å². The van der Waals surface area contributed by atoms with Crippen molar-refractivity contribution in [1.82, 2.24) is 0 Å². The lowest BCUT2D eigenvalue weighted by Gasteiger charge is -2.21. The Morgan fingerprint density at radius 3 is 1.75 bits per heavy atom. The zero-order chi connectivity index (χ0) is 29.2. The topological polar surface area (TPSA) is 13.1 Å². The van der Waals surface area contributed by atoms with Gasteiger partial charge in [-0.05, 0) is 78.0 Å². The first-order chi connectivity index (χ1) is 21.6. The molecule has 2 aliphatic rings. The fourth-order valence-corrected chi connectivity index (χ4v) is 8.31. The zero-order valence-corrected chi connectivity index (χ0v) is 24.6. The average molecular weight is 561 g/mol. The number of fused-ring (bicyclic) bond motifs is 9. The molecule has 1 aromatic heterocycles. The van der Waals surface area contributed by atoms with Crippen LogP contribution in [0.2, 0.25) is 0 Å². The standard InChI is InChI=1S/C43H28O/c1-43(2)36-20-6-5-13-34(36)40-30(16-9-21-37(40)43)31-17-10-22-38-41(31)35-19-8-18-33(42(35)44-38)27-23-24-32-26-12-4-3-11-25(26)28-14-7-15-29(27)39(28)32/h3-24H,1-2H3. The Bertz CT molecular complexity index is 2490. The molecule has 1 heteroatoms. The van der Waals surface area contributed by atoms with Crippen LogP contribution in [0.5, 0.6) is 0 Å². The molecule has 206 valence electrons. The summed E-state index contributed by atoms with van der Waals surface area (Å²) < 4.78 is 6.82. The molecule has 0 saturated carbocycles. The van der Waals surface area contributed by atoms with Gasteiger partial charge >= 0.3 is 0 Å². The predicted octanol–water partition coefficient (Wildman–Crippen LogP) is 12.0. The third kappa shape index (κ3) is 2.94. The van der Waals surface area contributed by atoms with E-state index in [0.29, 0.717) is 0 Å². The second kappa shape index (κ2) is 8.36. The fourth-order valence-electron chi connectivity index (χ4n) is 8.31. The molecular weight excluding hydrogens is 532 g/mol. The molecule has 2 aliphatic carbocycles. The monoisotopic (exact) mass is 560 g/mol. The van der Waals surface area contributed by atoms with Crippen LogP contribution in [0.15, 0.2) is 138 Å². The van der Waals surface area contributed by atoms with Crippen molar-refractivity contribution in [3.63, 3.8) is 0 Å². The van der Waals surface area contributed by atoms with Gasteiger partial charge in [0.15, 0.2) is 0 Å². The van der Waals surface area contributed by atoms with Crippen LogP contribution in [0.3, 0.4) is 0 Å². The molecule has 0 radical (unpaired) electrons. The van der Waals surface area contributed by atoms with Gasteiger partial charge in [-0.15, -0.1) is 0 Å². The molecule has 1 heterocycles. The van der Waals surface area contributed by atoms with E-state index in [0.717, 1.165) is 22.1 Å². The summed E-state index contributed by atoms with van der Waals surface area (Å²) in [6, 6.07) is 48.9. The fraction of sp³-hybridized carbons (Fsp3) is 0.0698. The summed E-state index contributed by atoms with van der Waals surface area (Å²) in [4.78, 5) is 0. The molecule has 0 spiro atoms. The maximum Gasteiger partial charge on any atom is 0.143 e. The van der Waals surface area contributed by atoms with E-state index in [1.54, 1.807) is 0 Å². The minimum atomic E-state index is -0.0447. The molecule has 44 heavy (non-hydrogen) atoms. The SMILES string of the molecule is CC1(C)c2ccccc2-c2c(-c3cccc4oc5c(-c6ccc7c8c(cccc68)-c6ccccc6-7)cccc5c34)cccc21. The molecular formula is C43H28O. The first-order valence-corrected chi connectivity index (χ1v) is 15.4. The van der Waals surface area contributed by atoms with Gasteiger partial charge in [-0.3, -0.25) is 0 Å². The van der Waals surface area contributed by atoms with Gasteiger partial charge in [0.2, 0.25) is 0 Å². The van der Waals surface area contributed by atoms with Crippen LogP contribution in [-0.4, -0.2) is 0 Å². The van der Waals surface area contributed by atoms with Crippen molar-refractivity contribution in [1.29, 1.82) is 0 Å². The van der Waals surface area contributed by atoms with Gasteiger partial charge in [0.25, 0.3) is 0 Å². The van der Waals surface area contributed by atoms with E-state index in [-0.39, 0.29) is 5.41 Å². The number of hydrogen-bond acceptors (Lipinski definition) is 1. The molecule has 0 bridgehead atoms. The number of rotatable bonds is 2. The van der Waals surface area contributed by atoms with Gasteiger partial charge in [0.05, 0.1) is 0 Å². The molecule has 8 aromatic rings. The number of hydrogen-bond donors (Lipinski definition) is 0. The third-order valence-corrected chi connectivity index (χ3v) is 10.3. The Balaban J connectivity index is 1.24. The van der Waals surface area contributed by atoms with E-state index in [2.05, 4.69) is 147 Å². The summed E-state index contributed by atoms with van der Waals surface area (Å²) in [5.41, 5.74) is 17.4. The van der Waals surface area contributed by atoms with Crippen molar-refractivity contribution in [2.45, 2.75) is 19.3 Å². The van der Waals surface area contributed by atoms with Crippen molar-refractivity contribution in [3.05, 3.63) is 145 Å². The van der Waals surface area contributed by atoms with Crippen LogP contribution in [0.25, 0.3) is 88.3 Å². The smallest absolute Gasteiger partial charge is 0.143 e. The second-order valence-corrected chi connectivity index (χ2v) is 12.8. The van der Waals surface area contributed by atoms with Crippen LogP contribution in [0, 0.1) is 0 Å². The summed E-state index contributed by atoms with van der Waals surface area (Å²) in [5, 5.41) is 4.94. The quantitative estimate of drug-likeness (QED) is 0.205. The van der Waals surface area contributed by atoms with Gasteiger partial charge in [-0.25, -0.2) is 0 Å². The molecule has 0 saturated heterocycles. The van der Waals surface area contributed by atoms with E-state index < -0.39 is 0 Å². The van der Waals surface area contributed by atoms with E-state index in [1.807, 2.05) is 0 Å². The normalized spacial score (nSPS) is 13.9. The van der Waals surface area contributed by atoms with E-state index in [1.165, 1.54) is 77.4 Å². The number of para-hydroxylation sites is 1. The maximum absolute atomic E-state index is 6.82. The molecule has 0 amide bonds. The molecule has 0 aliphatic heterocycles. The highest BCUT2D eigenvalue weighted by atomic mass is 16.3. The van der Waals surface area contributed by atoms with Gasteiger partial charge in [-0.2, -0.15) is 0 Å². The summed E-state index contributed by atoms with van der Waals surface area (Å²) in [6.45, 7) is 4.69. The van der Waals surface area contributed by atoms with E-state index >= 15 is 0 Å². The van der Waals surface area contributed by atoms with Crippen LogP contribution in [0.1, 0.15) is 25.0 Å². The highest BCUT2D eigenvalue weighted by molar-refractivity contribution is 6.22. The predicted molar refractivity (Wildman–Crippen MR) is 184 cm³/mol. The van der Waals surface area contributed by atoms with Gasteiger partial charge in [0.1, 0.15) is 11.2 Å². The van der Waals surface area contributed by atoms with E-state index in [9.17, 15) is 0 Å². The van der Waals surface area contributed by atoms with E-state index in [4.69, 9.17) is 4.42 Å². The Morgan fingerprint density at radius 1 is 0.386 bits per heavy atom. The van der Waals surface area contributed by atoms with Crippen molar-refractivity contribution in [3.8, 4) is 55.6 Å². The average Bonchev–Trinajstić information content (AvgIpc) is 3.69. The van der Waals surface area contributed by atoms with Gasteiger partial charge in [-0.1, -0.05) is 141 Å². The third-order valence-electron chi connectivity index (χ3n) is 10.3. The van der Waals surface area contributed by atoms with Gasteiger partial charge < -0.3 is 4.42 Å². The summed E-state index contributed by atoms with van der Waals surface area (Å²) >= 11 is 0. The molecule has 10 rings (SSSR count). The first-order valence-electron chi connectivity index (χ1n) is 15.4. The van der Waals surface area contributed by atoms with Crippen molar-refractivity contribution in [2.75, 3.05) is 0 Å². The molecule has 1 nitrogen and oxygen atoms in total. The Hall–Kier alpha value is -5.40. The Labute approximate surface area is 256 Å². The second-order valence-electron chi connectivity index (χ2n) is 12.8. The Kier molecular flexibility index (Phi) is 4.58. The highest BCUT2D eigenvalue weighted by Gasteiger charge is 2.37. The lowest BCUT2D eigenvalue weighted by Crippen LogP contribution is -2.14. The minimum Gasteiger partial charge on any atom is -0.455 e. The molecule has 0 fully saturated rings. The zero-order valence-electron chi connectivity index (χ0n) is 24.6. The van der Waals surface area contributed by atoms with Crippen molar-refractivity contribution < 1.29 is 4.42 Å².